The van der Waals surface area contributed by atoms with Crippen molar-refractivity contribution in [1.29, 1.82) is 0 Å². The van der Waals surface area contributed by atoms with Crippen molar-refractivity contribution in [3.05, 3.63) is 93.3 Å². The SMILES string of the molecule is Cc1cccc(Cn2ccc(NC(=O)c3ccn(COc4ccc(Br)cc4Cl)n3)n2)c1. The predicted molar refractivity (Wildman–Crippen MR) is 122 cm³/mol. The number of aryl methyl sites for hydroxylation is 1. The summed E-state index contributed by atoms with van der Waals surface area (Å²) in [6.07, 6.45) is 3.49. The van der Waals surface area contributed by atoms with E-state index in [4.69, 9.17) is 16.3 Å². The highest BCUT2D eigenvalue weighted by Crippen LogP contribution is 2.27. The minimum absolute atomic E-state index is 0.125. The molecule has 0 aliphatic heterocycles. The number of halogens is 2. The number of nitrogens with one attached hydrogen (secondary N) is 1. The molecule has 31 heavy (non-hydrogen) atoms. The molecule has 1 N–H and O–H groups in total. The first kappa shape index (κ1) is 21.1. The lowest BCUT2D eigenvalue weighted by atomic mass is 10.1. The van der Waals surface area contributed by atoms with Gasteiger partial charge < -0.3 is 10.1 Å². The molecule has 2 heterocycles. The Morgan fingerprint density at radius 3 is 2.74 bits per heavy atom. The van der Waals surface area contributed by atoms with Gasteiger partial charge in [-0.1, -0.05) is 57.4 Å². The van der Waals surface area contributed by atoms with Crippen molar-refractivity contribution >= 4 is 39.3 Å². The number of hydrogen-bond donors (Lipinski definition) is 1. The number of carbonyl (C=O) groups is 1. The average Bonchev–Trinajstić information content (AvgIpc) is 3.37. The molecule has 0 saturated heterocycles. The van der Waals surface area contributed by atoms with Crippen LogP contribution >= 0.6 is 27.5 Å². The molecule has 2 aromatic carbocycles. The molecule has 1 amide bonds. The molecule has 4 aromatic rings. The zero-order chi connectivity index (χ0) is 21.8. The van der Waals surface area contributed by atoms with E-state index in [1.165, 1.54) is 10.2 Å². The van der Waals surface area contributed by atoms with Gasteiger partial charge in [-0.25, -0.2) is 4.68 Å². The third-order valence-electron chi connectivity index (χ3n) is 4.43. The van der Waals surface area contributed by atoms with Crippen molar-refractivity contribution in [2.45, 2.75) is 20.2 Å². The molecule has 9 heteroatoms. The number of hydrogen-bond acceptors (Lipinski definition) is 4. The lowest BCUT2D eigenvalue weighted by Gasteiger charge is -2.08. The minimum Gasteiger partial charge on any atom is -0.470 e. The average molecular weight is 501 g/mol. The molecule has 0 atom stereocenters. The summed E-state index contributed by atoms with van der Waals surface area (Å²) in [6.45, 7) is 2.80. The van der Waals surface area contributed by atoms with Crippen molar-refractivity contribution in [1.82, 2.24) is 19.6 Å². The number of ether oxygens (including phenoxy) is 1. The predicted octanol–water partition coefficient (Wildman–Crippen LogP) is 5.14. The quantitative estimate of drug-likeness (QED) is 0.381. The van der Waals surface area contributed by atoms with E-state index in [1.807, 2.05) is 24.4 Å². The summed E-state index contributed by atoms with van der Waals surface area (Å²) >= 11 is 9.50. The lowest BCUT2D eigenvalue weighted by Crippen LogP contribution is -2.15. The van der Waals surface area contributed by atoms with E-state index in [0.717, 1.165) is 10.0 Å². The molecule has 7 nitrogen and oxygen atoms in total. The largest absolute Gasteiger partial charge is 0.470 e. The smallest absolute Gasteiger partial charge is 0.277 e. The van der Waals surface area contributed by atoms with Gasteiger partial charge in [0.1, 0.15) is 5.75 Å². The Labute approximate surface area is 192 Å². The number of nitrogens with zero attached hydrogens (tertiary/aromatic N) is 4. The van der Waals surface area contributed by atoms with Gasteiger partial charge in [-0.15, -0.1) is 0 Å². The van der Waals surface area contributed by atoms with Crippen LogP contribution < -0.4 is 10.1 Å². The van der Waals surface area contributed by atoms with Crippen molar-refractivity contribution in [3.63, 3.8) is 0 Å². The molecule has 0 fully saturated rings. The molecule has 0 bridgehead atoms. The van der Waals surface area contributed by atoms with Crippen LogP contribution in [0.3, 0.4) is 0 Å². The van der Waals surface area contributed by atoms with Crippen LogP contribution in [0.5, 0.6) is 5.75 Å². The van der Waals surface area contributed by atoms with E-state index in [2.05, 4.69) is 50.5 Å². The Hall–Kier alpha value is -3.10. The van der Waals surface area contributed by atoms with Crippen LogP contribution in [0.25, 0.3) is 0 Å². The summed E-state index contributed by atoms with van der Waals surface area (Å²) in [5.41, 5.74) is 2.60. The van der Waals surface area contributed by atoms with Gasteiger partial charge in [-0.2, -0.15) is 10.2 Å². The number of amides is 1. The molecule has 0 radical (unpaired) electrons. The summed E-state index contributed by atoms with van der Waals surface area (Å²) in [5, 5.41) is 11.9. The van der Waals surface area contributed by atoms with Crippen molar-refractivity contribution in [2.24, 2.45) is 0 Å². The first-order valence-electron chi connectivity index (χ1n) is 9.48. The molecule has 158 valence electrons. The number of benzene rings is 2. The van der Waals surface area contributed by atoms with Crippen molar-refractivity contribution in [3.8, 4) is 5.75 Å². The van der Waals surface area contributed by atoms with Crippen molar-refractivity contribution in [2.75, 3.05) is 5.32 Å². The molecule has 2 aromatic heterocycles. The van der Waals surface area contributed by atoms with Gasteiger partial charge in [0.2, 0.25) is 0 Å². The first-order chi connectivity index (χ1) is 15.0. The fourth-order valence-electron chi connectivity index (χ4n) is 2.98. The highest BCUT2D eigenvalue weighted by molar-refractivity contribution is 9.10. The van der Waals surface area contributed by atoms with E-state index in [1.54, 1.807) is 35.1 Å². The summed E-state index contributed by atoms with van der Waals surface area (Å²) in [4.78, 5) is 12.5. The minimum atomic E-state index is -0.346. The number of rotatable bonds is 7. The van der Waals surface area contributed by atoms with Crippen LogP contribution in [0.1, 0.15) is 21.6 Å². The van der Waals surface area contributed by atoms with Gasteiger partial charge >= 0.3 is 0 Å². The Kier molecular flexibility index (Phi) is 6.39. The normalized spacial score (nSPS) is 10.8. The Morgan fingerprint density at radius 2 is 1.94 bits per heavy atom. The number of carbonyl (C=O) groups excluding carboxylic acids is 1. The standard InChI is InChI=1S/C22H19BrClN5O2/c1-15-3-2-4-16(11-15)13-28-10-8-21(27-28)25-22(30)19-7-9-29(26-19)14-31-20-6-5-17(23)12-18(20)24/h2-12H,13-14H2,1H3,(H,25,27,30). The van der Waals surface area contributed by atoms with E-state index in [0.29, 0.717) is 23.1 Å². The molecular formula is C22H19BrClN5O2. The fraction of sp³-hybridized carbons (Fsp3) is 0.136. The number of aromatic nitrogens is 4. The molecule has 0 aliphatic carbocycles. The molecule has 4 rings (SSSR count). The Balaban J connectivity index is 1.34. The van der Waals surface area contributed by atoms with Crippen LogP contribution in [0, 0.1) is 6.92 Å². The summed E-state index contributed by atoms with van der Waals surface area (Å²) < 4.78 is 9.82. The zero-order valence-corrected chi connectivity index (χ0v) is 19.0. The maximum absolute atomic E-state index is 12.5. The van der Waals surface area contributed by atoms with Crippen LogP contribution in [-0.2, 0) is 13.3 Å². The molecule has 0 saturated carbocycles. The second kappa shape index (κ2) is 9.36. The highest BCUT2D eigenvalue weighted by Gasteiger charge is 2.12. The van der Waals surface area contributed by atoms with Gasteiger partial charge in [0, 0.05) is 22.9 Å². The van der Waals surface area contributed by atoms with Gasteiger partial charge in [0.05, 0.1) is 11.6 Å². The van der Waals surface area contributed by atoms with Crippen molar-refractivity contribution < 1.29 is 9.53 Å². The second-order valence-corrected chi connectivity index (χ2v) is 8.25. The molecule has 0 aliphatic rings. The fourth-order valence-corrected chi connectivity index (χ4v) is 3.70. The van der Waals surface area contributed by atoms with E-state index < -0.39 is 0 Å². The third kappa shape index (κ3) is 5.53. The zero-order valence-electron chi connectivity index (χ0n) is 16.6. The van der Waals surface area contributed by atoms with Crippen LogP contribution in [-0.4, -0.2) is 25.5 Å². The lowest BCUT2D eigenvalue weighted by molar-refractivity contribution is 0.101. The third-order valence-corrected chi connectivity index (χ3v) is 5.22. The Bertz CT molecular complexity index is 1220. The van der Waals surface area contributed by atoms with Gasteiger partial charge in [-0.05, 0) is 36.8 Å². The van der Waals surface area contributed by atoms with Crippen LogP contribution in [0.15, 0.2) is 71.5 Å². The van der Waals surface area contributed by atoms with Gasteiger partial charge in [0.15, 0.2) is 18.2 Å². The first-order valence-corrected chi connectivity index (χ1v) is 10.6. The number of anilines is 1. The van der Waals surface area contributed by atoms with Gasteiger partial charge in [-0.3, -0.25) is 9.48 Å². The topological polar surface area (TPSA) is 74.0 Å². The summed E-state index contributed by atoms with van der Waals surface area (Å²) in [5.74, 6) is 0.650. The van der Waals surface area contributed by atoms with E-state index in [-0.39, 0.29) is 18.3 Å². The molecule has 0 unspecified atom stereocenters. The maximum atomic E-state index is 12.5. The highest BCUT2D eigenvalue weighted by atomic mass is 79.9. The monoisotopic (exact) mass is 499 g/mol. The van der Waals surface area contributed by atoms with E-state index in [9.17, 15) is 4.79 Å². The molecular weight excluding hydrogens is 482 g/mol. The molecule has 0 spiro atoms. The van der Waals surface area contributed by atoms with Gasteiger partial charge in [0.25, 0.3) is 5.91 Å². The maximum Gasteiger partial charge on any atom is 0.277 e. The van der Waals surface area contributed by atoms with Crippen LogP contribution in [0.4, 0.5) is 5.82 Å². The second-order valence-electron chi connectivity index (χ2n) is 6.93. The summed E-state index contributed by atoms with van der Waals surface area (Å²) in [7, 11) is 0. The van der Waals surface area contributed by atoms with Crippen LogP contribution in [0.2, 0.25) is 5.02 Å². The van der Waals surface area contributed by atoms with E-state index >= 15 is 0 Å². The summed E-state index contributed by atoms with van der Waals surface area (Å²) in [6, 6.07) is 16.9. The Morgan fingerprint density at radius 1 is 1.10 bits per heavy atom.